The molecule has 1 heterocycles. The van der Waals surface area contributed by atoms with Crippen molar-refractivity contribution < 1.29 is 14.4 Å². The van der Waals surface area contributed by atoms with Crippen LogP contribution in [0.4, 0.5) is 0 Å². The molecule has 1 aliphatic carbocycles. The third kappa shape index (κ3) is 4.95. The van der Waals surface area contributed by atoms with Crippen LogP contribution in [0, 0.1) is 0 Å². The van der Waals surface area contributed by atoms with Gasteiger partial charge in [0.15, 0.2) is 12.4 Å². The van der Waals surface area contributed by atoms with Gasteiger partial charge in [-0.3, -0.25) is 9.59 Å². The van der Waals surface area contributed by atoms with E-state index in [0.29, 0.717) is 6.54 Å². The van der Waals surface area contributed by atoms with Gasteiger partial charge in [-0.15, -0.1) is 11.3 Å². The van der Waals surface area contributed by atoms with Gasteiger partial charge in [-0.1, -0.05) is 24.1 Å². The molecule has 0 unspecified atom stereocenters. The van der Waals surface area contributed by atoms with Crippen molar-refractivity contribution in [3.05, 3.63) is 22.4 Å². The second-order valence-corrected chi connectivity index (χ2v) is 6.61. The number of thiophene rings is 1. The number of hydrogen-bond donors (Lipinski definition) is 3. The highest BCUT2D eigenvalue weighted by atomic mass is 32.1. The van der Waals surface area contributed by atoms with Gasteiger partial charge in [-0.05, 0) is 24.3 Å². The molecule has 7 nitrogen and oxygen atoms in total. The summed E-state index contributed by atoms with van der Waals surface area (Å²) in [5.41, 5.74) is 5.34. The summed E-state index contributed by atoms with van der Waals surface area (Å²) in [7, 11) is 0. The molecule has 2 rings (SSSR count). The highest BCUT2D eigenvalue weighted by Crippen LogP contribution is 2.29. The molecule has 2 amide bonds. The van der Waals surface area contributed by atoms with Crippen molar-refractivity contribution in [1.82, 2.24) is 10.6 Å². The first-order valence-corrected chi connectivity index (χ1v) is 8.43. The van der Waals surface area contributed by atoms with Crippen LogP contribution in [0.25, 0.3) is 0 Å². The average molecular weight is 338 g/mol. The average Bonchev–Trinajstić information content (AvgIpc) is 3.16. The van der Waals surface area contributed by atoms with E-state index in [9.17, 15) is 9.59 Å². The van der Waals surface area contributed by atoms with Gasteiger partial charge < -0.3 is 21.2 Å². The molecule has 8 heteroatoms. The molecule has 1 saturated carbocycles. The first-order valence-electron chi connectivity index (χ1n) is 7.55. The number of nitrogens with two attached hydrogens (primary N) is 1. The fourth-order valence-corrected chi connectivity index (χ4v) is 3.30. The van der Waals surface area contributed by atoms with Crippen molar-refractivity contribution in [3.63, 3.8) is 0 Å². The Balaban J connectivity index is 1.81. The second-order valence-electron chi connectivity index (χ2n) is 5.58. The van der Waals surface area contributed by atoms with Crippen LogP contribution in [0.3, 0.4) is 0 Å². The largest absolute Gasteiger partial charge is 0.384 e. The van der Waals surface area contributed by atoms with Crippen LogP contribution in [0.15, 0.2) is 22.7 Å². The molecule has 0 saturated heterocycles. The van der Waals surface area contributed by atoms with Crippen molar-refractivity contribution in [2.75, 3.05) is 6.61 Å². The van der Waals surface area contributed by atoms with Gasteiger partial charge >= 0.3 is 0 Å². The Morgan fingerprint density at radius 2 is 2.17 bits per heavy atom. The lowest BCUT2D eigenvalue weighted by Gasteiger charge is -2.28. The van der Waals surface area contributed by atoms with Gasteiger partial charge in [0.2, 0.25) is 5.91 Å². The number of nitrogens with one attached hydrogen (secondary N) is 2. The molecule has 0 spiro atoms. The molecule has 23 heavy (non-hydrogen) atoms. The van der Waals surface area contributed by atoms with Crippen LogP contribution in [-0.2, 0) is 21.0 Å². The molecular formula is C15H22N4O3S. The normalized spacial score (nSPS) is 16.8. The second kappa shape index (κ2) is 7.96. The van der Waals surface area contributed by atoms with Gasteiger partial charge in [0, 0.05) is 11.8 Å². The maximum atomic E-state index is 11.7. The number of hydrogen-bond acceptors (Lipinski definition) is 5. The molecule has 0 atom stereocenters. The first-order chi connectivity index (χ1) is 11.0. The standard InChI is InChI=1S/C15H22N4O3S/c1-11(20)18-15(6-2-3-7-15)14(16)19-22-10-13(21)17-9-12-5-4-8-23-12/h4-5,8H,2-3,6-7,9-10H2,1H3,(H2,16,19)(H,17,21)(H,18,20). The Morgan fingerprint density at radius 1 is 1.43 bits per heavy atom. The number of carbonyl (C=O) groups is 2. The molecule has 0 radical (unpaired) electrons. The van der Waals surface area contributed by atoms with Gasteiger partial charge in [0.1, 0.15) is 5.54 Å². The molecule has 126 valence electrons. The number of amides is 2. The number of rotatable bonds is 7. The van der Waals surface area contributed by atoms with Crippen LogP contribution in [0.2, 0.25) is 0 Å². The van der Waals surface area contributed by atoms with E-state index in [2.05, 4.69) is 15.8 Å². The molecule has 1 aromatic rings. The highest BCUT2D eigenvalue weighted by molar-refractivity contribution is 7.09. The van der Waals surface area contributed by atoms with Crippen LogP contribution >= 0.6 is 11.3 Å². The molecule has 1 fully saturated rings. The maximum absolute atomic E-state index is 11.7. The Hall–Kier alpha value is -2.09. The lowest BCUT2D eigenvalue weighted by atomic mass is 9.96. The smallest absolute Gasteiger partial charge is 0.261 e. The summed E-state index contributed by atoms with van der Waals surface area (Å²) in [4.78, 5) is 29.2. The topological polar surface area (TPSA) is 106 Å². The predicted molar refractivity (Wildman–Crippen MR) is 88.8 cm³/mol. The molecule has 1 aliphatic rings. The fraction of sp³-hybridized carbons (Fsp3) is 0.533. The van der Waals surface area contributed by atoms with Crippen molar-refractivity contribution in [2.24, 2.45) is 10.9 Å². The molecular weight excluding hydrogens is 316 g/mol. The van der Waals surface area contributed by atoms with E-state index < -0.39 is 5.54 Å². The summed E-state index contributed by atoms with van der Waals surface area (Å²) in [6.07, 6.45) is 3.40. The van der Waals surface area contributed by atoms with Gasteiger partial charge in [0.05, 0.1) is 6.54 Å². The molecule has 0 aliphatic heterocycles. The summed E-state index contributed by atoms with van der Waals surface area (Å²) in [6.45, 7) is 1.71. The van der Waals surface area contributed by atoms with Crippen molar-refractivity contribution >= 4 is 29.0 Å². The van der Waals surface area contributed by atoms with Crippen molar-refractivity contribution in [1.29, 1.82) is 0 Å². The lowest BCUT2D eigenvalue weighted by molar-refractivity contribution is -0.126. The number of oxime groups is 1. The molecule has 0 bridgehead atoms. The summed E-state index contributed by atoms with van der Waals surface area (Å²) in [5, 5.41) is 11.4. The predicted octanol–water partition coefficient (Wildman–Crippen LogP) is 1.10. The summed E-state index contributed by atoms with van der Waals surface area (Å²) < 4.78 is 0. The highest BCUT2D eigenvalue weighted by Gasteiger charge is 2.39. The van der Waals surface area contributed by atoms with Crippen LogP contribution in [0.5, 0.6) is 0 Å². The van der Waals surface area contributed by atoms with Crippen molar-refractivity contribution in [3.8, 4) is 0 Å². The van der Waals surface area contributed by atoms with Crippen molar-refractivity contribution in [2.45, 2.75) is 44.7 Å². The Morgan fingerprint density at radius 3 is 2.78 bits per heavy atom. The Kier molecular flexibility index (Phi) is 5.97. The first kappa shape index (κ1) is 17.3. The third-order valence-electron chi connectivity index (χ3n) is 3.76. The van der Waals surface area contributed by atoms with Crippen LogP contribution in [0.1, 0.15) is 37.5 Å². The maximum Gasteiger partial charge on any atom is 0.261 e. The van der Waals surface area contributed by atoms with Crippen LogP contribution in [-0.4, -0.2) is 29.8 Å². The number of nitrogens with zero attached hydrogens (tertiary/aromatic N) is 1. The van der Waals surface area contributed by atoms with E-state index in [1.165, 1.54) is 6.92 Å². The zero-order valence-electron chi connectivity index (χ0n) is 13.1. The fourth-order valence-electron chi connectivity index (χ4n) is 2.66. The minimum Gasteiger partial charge on any atom is -0.384 e. The quantitative estimate of drug-likeness (QED) is 0.393. The SMILES string of the molecule is CC(=O)NC1(C(N)=NOCC(=O)NCc2cccs2)CCCC1. The van der Waals surface area contributed by atoms with Gasteiger partial charge in [0.25, 0.3) is 5.91 Å². The summed E-state index contributed by atoms with van der Waals surface area (Å²) in [6, 6.07) is 3.87. The van der Waals surface area contributed by atoms with E-state index in [1.54, 1.807) is 11.3 Å². The molecule has 0 aromatic carbocycles. The minimum absolute atomic E-state index is 0.154. The van der Waals surface area contributed by atoms with E-state index in [-0.39, 0.29) is 24.3 Å². The third-order valence-corrected chi connectivity index (χ3v) is 4.64. The van der Waals surface area contributed by atoms with Gasteiger partial charge in [-0.25, -0.2) is 0 Å². The monoisotopic (exact) mass is 338 g/mol. The molecule has 4 N–H and O–H groups in total. The lowest BCUT2D eigenvalue weighted by Crippen LogP contribution is -2.55. The minimum atomic E-state index is -0.640. The van der Waals surface area contributed by atoms with E-state index in [4.69, 9.17) is 10.6 Å². The summed E-state index contributed by atoms with van der Waals surface area (Å²) in [5.74, 6) is -0.204. The Bertz CT molecular complexity index is 565. The van der Waals surface area contributed by atoms with E-state index in [1.807, 2.05) is 17.5 Å². The Labute approximate surface area is 139 Å². The number of amidine groups is 1. The zero-order valence-corrected chi connectivity index (χ0v) is 13.9. The molecule has 1 aromatic heterocycles. The van der Waals surface area contributed by atoms with Gasteiger partial charge in [-0.2, -0.15) is 0 Å². The summed E-state index contributed by atoms with van der Waals surface area (Å²) >= 11 is 1.57. The van der Waals surface area contributed by atoms with E-state index >= 15 is 0 Å². The van der Waals surface area contributed by atoms with E-state index in [0.717, 1.165) is 30.6 Å². The number of carbonyl (C=O) groups excluding carboxylic acids is 2. The zero-order chi connectivity index (χ0) is 16.7. The van der Waals surface area contributed by atoms with Crippen LogP contribution < -0.4 is 16.4 Å².